The number of sulfone groups is 1. The number of carbonyl (C=O) groups excluding carboxylic acids is 1. The fraction of sp³-hybridized carbons (Fsp3) is 0.846. The molecule has 0 aromatic heterocycles. The van der Waals surface area contributed by atoms with Gasteiger partial charge >= 0.3 is 5.97 Å². The molecule has 0 bridgehead atoms. The molecule has 0 aromatic carbocycles. The molecule has 1 amide bonds. The number of amides is 1. The number of hydrogen-bond acceptors (Lipinski definition) is 4. The lowest BCUT2D eigenvalue weighted by Gasteiger charge is -2.31. The van der Waals surface area contributed by atoms with E-state index in [-0.39, 0.29) is 18.1 Å². The van der Waals surface area contributed by atoms with Crippen molar-refractivity contribution in [2.45, 2.75) is 52.5 Å². The summed E-state index contributed by atoms with van der Waals surface area (Å²) in [6.07, 6.45) is 0.660. The molecular formula is C13H25NO5S. The molecule has 0 radical (unpaired) electrons. The van der Waals surface area contributed by atoms with Gasteiger partial charge in [0.15, 0.2) is 9.84 Å². The summed E-state index contributed by atoms with van der Waals surface area (Å²) in [5.74, 6) is -2.33. The van der Waals surface area contributed by atoms with Gasteiger partial charge in [-0.3, -0.25) is 9.59 Å². The molecule has 0 heterocycles. The van der Waals surface area contributed by atoms with Gasteiger partial charge in [-0.1, -0.05) is 27.7 Å². The van der Waals surface area contributed by atoms with Gasteiger partial charge in [0.05, 0.1) is 12.2 Å². The van der Waals surface area contributed by atoms with Crippen LogP contribution >= 0.6 is 0 Å². The normalized spacial score (nSPS) is 12.4. The predicted molar refractivity (Wildman–Crippen MR) is 77.2 cm³/mol. The topological polar surface area (TPSA) is 101 Å². The van der Waals surface area contributed by atoms with E-state index in [1.165, 1.54) is 0 Å². The first-order chi connectivity index (χ1) is 9.06. The molecule has 7 heteroatoms. The number of carbonyl (C=O) groups is 2. The Kier molecular flexibility index (Phi) is 7.19. The van der Waals surface area contributed by atoms with Gasteiger partial charge < -0.3 is 10.4 Å². The number of nitrogens with one attached hydrogen (secondary N) is 1. The third-order valence-electron chi connectivity index (χ3n) is 3.19. The van der Waals surface area contributed by atoms with Crippen LogP contribution in [0.2, 0.25) is 0 Å². The minimum absolute atomic E-state index is 0.0473. The molecule has 118 valence electrons. The van der Waals surface area contributed by atoms with E-state index in [1.54, 1.807) is 27.7 Å². The lowest BCUT2D eigenvalue weighted by atomic mass is 9.89. The molecule has 6 nitrogen and oxygen atoms in total. The monoisotopic (exact) mass is 307 g/mol. The van der Waals surface area contributed by atoms with E-state index in [9.17, 15) is 18.0 Å². The Morgan fingerprint density at radius 3 is 2.05 bits per heavy atom. The van der Waals surface area contributed by atoms with E-state index in [0.717, 1.165) is 0 Å². The molecule has 0 aliphatic carbocycles. The summed E-state index contributed by atoms with van der Waals surface area (Å²) in [6.45, 7) is 7.08. The third kappa shape index (κ3) is 6.88. The Morgan fingerprint density at radius 1 is 1.20 bits per heavy atom. The highest BCUT2D eigenvalue weighted by Crippen LogP contribution is 2.20. The van der Waals surface area contributed by atoms with Crippen molar-refractivity contribution in [2.75, 3.05) is 11.5 Å². The molecule has 0 saturated heterocycles. The van der Waals surface area contributed by atoms with Crippen LogP contribution < -0.4 is 5.32 Å². The Morgan fingerprint density at radius 2 is 1.70 bits per heavy atom. The van der Waals surface area contributed by atoms with Gasteiger partial charge in [0.25, 0.3) is 0 Å². The van der Waals surface area contributed by atoms with E-state index >= 15 is 0 Å². The molecule has 0 spiro atoms. The van der Waals surface area contributed by atoms with Crippen LogP contribution in [0.1, 0.15) is 47.0 Å². The first-order valence-electron chi connectivity index (χ1n) is 6.79. The van der Waals surface area contributed by atoms with E-state index < -0.39 is 33.0 Å². The Hall–Kier alpha value is -1.11. The largest absolute Gasteiger partial charge is 0.481 e. The van der Waals surface area contributed by atoms with Crippen LogP contribution in [0, 0.1) is 5.92 Å². The van der Waals surface area contributed by atoms with Crippen molar-refractivity contribution in [3.8, 4) is 0 Å². The first-order valence-corrected chi connectivity index (χ1v) is 8.61. The number of carboxylic acids is 1. The molecule has 0 aliphatic rings. The van der Waals surface area contributed by atoms with Crippen LogP contribution in [0.5, 0.6) is 0 Å². The maximum atomic E-state index is 11.9. The second kappa shape index (κ2) is 7.61. The molecule has 0 fully saturated rings. The van der Waals surface area contributed by atoms with Gasteiger partial charge in [-0.2, -0.15) is 0 Å². The highest BCUT2D eigenvalue weighted by molar-refractivity contribution is 7.92. The smallest absolute Gasteiger partial charge is 0.305 e. The van der Waals surface area contributed by atoms with Gasteiger partial charge in [0, 0.05) is 5.54 Å². The molecule has 0 rings (SSSR count). The number of aliphatic carboxylic acids is 1. The predicted octanol–water partition coefficient (Wildman–Crippen LogP) is 1.21. The van der Waals surface area contributed by atoms with Crippen molar-refractivity contribution in [1.82, 2.24) is 5.32 Å². The minimum Gasteiger partial charge on any atom is -0.481 e. The average Bonchev–Trinajstić information content (AvgIpc) is 2.24. The second-order valence-corrected chi connectivity index (χ2v) is 7.66. The van der Waals surface area contributed by atoms with E-state index in [4.69, 9.17) is 5.11 Å². The van der Waals surface area contributed by atoms with Crippen molar-refractivity contribution in [2.24, 2.45) is 5.92 Å². The molecule has 0 aromatic rings. The quantitative estimate of drug-likeness (QED) is 0.667. The third-order valence-corrected chi connectivity index (χ3v) is 5.06. The molecule has 0 unspecified atom stereocenters. The SMILES string of the molecule is CCC(CC)(CC(=O)O)NC(=O)CS(=O)(=O)CC(C)C. The zero-order valence-corrected chi connectivity index (χ0v) is 13.4. The Labute approximate surface area is 120 Å². The number of carboxylic acid groups (broad SMARTS) is 1. The van der Waals surface area contributed by atoms with Crippen LogP contribution in [0.25, 0.3) is 0 Å². The highest BCUT2D eigenvalue weighted by atomic mass is 32.2. The number of rotatable bonds is 9. The molecule has 0 atom stereocenters. The molecule has 0 aliphatic heterocycles. The van der Waals surface area contributed by atoms with Crippen molar-refractivity contribution in [3.05, 3.63) is 0 Å². The van der Waals surface area contributed by atoms with Crippen molar-refractivity contribution >= 4 is 21.7 Å². The van der Waals surface area contributed by atoms with Crippen LogP contribution in [0.15, 0.2) is 0 Å². The fourth-order valence-electron chi connectivity index (χ4n) is 2.11. The van der Waals surface area contributed by atoms with Gasteiger partial charge in [-0.15, -0.1) is 0 Å². The second-order valence-electron chi connectivity index (χ2n) is 5.55. The molecule has 2 N–H and O–H groups in total. The van der Waals surface area contributed by atoms with Crippen molar-refractivity contribution < 1.29 is 23.1 Å². The summed E-state index contributed by atoms with van der Waals surface area (Å²) in [4.78, 5) is 22.7. The Balaban J connectivity index is 4.82. The minimum atomic E-state index is -3.46. The molecule has 20 heavy (non-hydrogen) atoms. The lowest BCUT2D eigenvalue weighted by Crippen LogP contribution is -2.50. The number of hydrogen-bond donors (Lipinski definition) is 2. The van der Waals surface area contributed by atoms with Gasteiger partial charge in [0.2, 0.25) is 5.91 Å². The van der Waals surface area contributed by atoms with Crippen LogP contribution in [-0.2, 0) is 19.4 Å². The summed E-state index contributed by atoms with van der Waals surface area (Å²) >= 11 is 0. The first kappa shape index (κ1) is 18.9. The highest BCUT2D eigenvalue weighted by Gasteiger charge is 2.32. The zero-order valence-electron chi connectivity index (χ0n) is 12.6. The van der Waals surface area contributed by atoms with Crippen molar-refractivity contribution in [3.63, 3.8) is 0 Å². The van der Waals surface area contributed by atoms with E-state index in [0.29, 0.717) is 12.8 Å². The summed E-state index contributed by atoms with van der Waals surface area (Å²) < 4.78 is 23.5. The van der Waals surface area contributed by atoms with Gasteiger partial charge in [-0.25, -0.2) is 8.42 Å². The average molecular weight is 307 g/mol. The van der Waals surface area contributed by atoms with E-state index in [2.05, 4.69) is 5.32 Å². The van der Waals surface area contributed by atoms with Gasteiger partial charge in [-0.05, 0) is 18.8 Å². The van der Waals surface area contributed by atoms with Crippen LogP contribution in [0.4, 0.5) is 0 Å². The standard InChI is InChI=1S/C13H25NO5S/c1-5-13(6-2,7-12(16)17)14-11(15)9-20(18,19)8-10(3)4/h10H,5-9H2,1-4H3,(H,14,15)(H,16,17). The van der Waals surface area contributed by atoms with Gasteiger partial charge in [0.1, 0.15) is 5.75 Å². The molecule has 0 saturated carbocycles. The lowest BCUT2D eigenvalue weighted by molar-refractivity contribution is -0.139. The summed E-state index contributed by atoms with van der Waals surface area (Å²) in [5.41, 5.74) is -0.879. The van der Waals surface area contributed by atoms with Crippen molar-refractivity contribution in [1.29, 1.82) is 0 Å². The maximum absolute atomic E-state index is 11.9. The summed E-state index contributed by atoms with van der Waals surface area (Å²) in [6, 6.07) is 0. The zero-order chi connectivity index (χ0) is 16.0. The van der Waals surface area contributed by atoms with Crippen LogP contribution in [-0.4, -0.2) is 42.4 Å². The maximum Gasteiger partial charge on any atom is 0.305 e. The van der Waals surface area contributed by atoms with Crippen LogP contribution in [0.3, 0.4) is 0 Å². The fourth-order valence-corrected chi connectivity index (χ4v) is 3.71. The molecular weight excluding hydrogens is 282 g/mol. The summed E-state index contributed by atoms with van der Waals surface area (Å²) in [7, 11) is -3.46. The Bertz CT molecular complexity index is 438. The summed E-state index contributed by atoms with van der Waals surface area (Å²) in [5, 5.41) is 11.5. The van der Waals surface area contributed by atoms with E-state index in [1.807, 2.05) is 0 Å².